The second-order valence-electron chi connectivity index (χ2n) is 7.84. The minimum Gasteiger partial charge on any atom is -0.314 e. The van der Waals surface area contributed by atoms with Gasteiger partial charge in [0.1, 0.15) is 0 Å². The fourth-order valence-electron chi connectivity index (χ4n) is 3.28. The van der Waals surface area contributed by atoms with E-state index in [1.54, 1.807) is 0 Å². The SMILES string of the molecule is CCC(C)(CNC(C)C)CN(C)CC1(N(C)C)CCC1. The Hall–Kier alpha value is -0.120. The Kier molecular flexibility index (Phi) is 6.49. The van der Waals surface area contributed by atoms with E-state index in [0.29, 0.717) is 17.0 Å². The third-order valence-corrected chi connectivity index (χ3v) is 5.24. The van der Waals surface area contributed by atoms with Crippen molar-refractivity contribution in [2.45, 2.75) is 65.0 Å². The molecule has 1 atom stereocenters. The smallest absolute Gasteiger partial charge is 0.0330 e. The Labute approximate surface area is 127 Å². The van der Waals surface area contributed by atoms with E-state index in [1.165, 1.54) is 38.8 Å². The van der Waals surface area contributed by atoms with Gasteiger partial charge in [0.15, 0.2) is 0 Å². The normalized spacial score (nSPS) is 21.3. The molecule has 0 aliphatic heterocycles. The van der Waals surface area contributed by atoms with Gasteiger partial charge in [-0.05, 0) is 52.2 Å². The second-order valence-corrected chi connectivity index (χ2v) is 7.84. The van der Waals surface area contributed by atoms with Crippen LogP contribution in [0.15, 0.2) is 0 Å². The van der Waals surface area contributed by atoms with Gasteiger partial charge >= 0.3 is 0 Å². The summed E-state index contributed by atoms with van der Waals surface area (Å²) in [4.78, 5) is 5.01. The third kappa shape index (κ3) is 4.71. The highest BCUT2D eigenvalue weighted by atomic mass is 15.2. The Balaban J connectivity index is 2.52. The van der Waals surface area contributed by atoms with E-state index in [1.807, 2.05) is 0 Å². The van der Waals surface area contributed by atoms with Crippen LogP contribution < -0.4 is 5.32 Å². The molecule has 1 saturated carbocycles. The van der Waals surface area contributed by atoms with Crippen LogP contribution in [0.3, 0.4) is 0 Å². The molecule has 0 bridgehead atoms. The monoisotopic (exact) mass is 283 g/mol. The van der Waals surface area contributed by atoms with Gasteiger partial charge in [-0.2, -0.15) is 0 Å². The van der Waals surface area contributed by atoms with Crippen molar-refractivity contribution >= 4 is 0 Å². The second kappa shape index (κ2) is 7.24. The molecular weight excluding hydrogens is 246 g/mol. The summed E-state index contributed by atoms with van der Waals surface area (Å²) < 4.78 is 0. The van der Waals surface area contributed by atoms with Gasteiger partial charge < -0.3 is 15.1 Å². The van der Waals surface area contributed by atoms with Gasteiger partial charge in [0.05, 0.1) is 0 Å². The summed E-state index contributed by atoms with van der Waals surface area (Å²) in [6.07, 6.45) is 5.34. The van der Waals surface area contributed by atoms with Crippen LogP contribution in [0, 0.1) is 5.41 Å². The minimum atomic E-state index is 0.371. The van der Waals surface area contributed by atoms with Gasteiger partial charge in [-0.15, -0.1) is 0 Å². The van der Waals surface area contributed by atoms with E-state index in [0.717, 1.165) is 6.54 Å². The number of rotatable bonds is 9. The van der Waals surface area contributed by atoms with Crippen LogP contribution in [0.1, 0.15) is 53.4 Å². The number of hydrogen-bond acceptors (Lipinski definition) is 3. The van der Waals surface area contributed by atoms with Crippen LogP contribution in [0.25, 0.3) is 0 Å². The molecule has 1 fully saturated rings. The average Bonchev–Trinajstić information content (AvgIpc) is 2.31. The van der Waals surface area contributed by atoms with Crippen molar-refractivity contribution in [3.63, 3.8) is 0 Å². The Morgan fingerprint density at radius 2 is 1.80 bits per heavy atom. The molecule has 1 rings (SSSR count). The summed E-state index contributed by atoms with van der Waals surface area (Å²) in [5.41, 5.74) is 0.811. The zero-order valence-electron chi connectivity index (χ0n) is 14.9. The van der Waals surface area contributed by atoms with Crippen molar-refractivity contribution in [1.82, 2.24) is 15.1 Å². The first-order valence-electron chi connectivity index (χ1n) is 8.32. The van der Waals surface area contributed by atoms with Gasteiger partial charge in [0.2, 0.25) is 0 Å². The Morgan fingerprint density at radius 1 is 1.20 bits per heavy atom. The Bertz CT molecular complexity index is 284. The number of nitrogens with one attached hydrogen (secondary N) is 1. The third-order valence-electron chi connectivity index (χ3n) is 5.24. The van der Waals surface area contributed by atoms with Gasteiger partial charge in [-0.3, -0.25) is 0 Å². The lowest BCUT2D eigenvalue weighted by molar-refractivity contribution is 0.0166. The predicted molar refractivity (Wildman–Crippen MR) is 89.3 cm³/mol. The molecule has 1 N–H and O–H groups in total. The lowest BCUT2D eigenvalue weighted by atomic mass is 9.75. The fourth-order valence-corrected chi connectivity index (χ4v) is 3.28. The number of nitrogens with zero attached hydrogens (tertiary/aromatic N) is 2. The van der Waals surface area contributed by atoms with E-state index in [9.17, 15) is 0 Å². The summed E-state index contributed by atoms with van der Waals surface area (Å²) in [6, 6.07) is 0.575. The predicted octanol–water partition coefficient (Wildman–Crippen LogP) is 2.82. The molecule has 0 spiro atoms. The Morgan fingerprint density at radius 3 is 2.15 bits per heavy atom. The standard InChI is InChI=1S/C17H37N3/c1-8-16(4,12-18-15(2)3)13-20(7)14-17(19(5)6)10-9-11-17/h15,18H,8-14H2,1-7H3. The molecule has 1 aliphatic carbocycles. The van der Waals surface area contributed by atoms with Crippen LogP contribution >= 0.6 is 0 Å². The van der Waals surface area contributed by atoms with Crippen molar-refractivity contribution in [1.29, 1.82) is 0 Å². The average molecular weight is 284 g/mol. The highest BCUT2D eigenvalue weighted by Gasteiger charge is 2.40. The van der Waals surface area contributed by atoms with Crippen LogP contribution in [0.5, 0.6) is 0 Å². The maximum atomic E-state index is 3.62. The number of hydrogen-bond donors (Lipinski definition) is 1. The van der Waals surface area contributed by atoms with E-state index in [2.05, 4.69) is 64.0 Å². The van der Waals surface area contributed by atoms with E-state index in [4.69, 9.17) is 0 Å². The van der Waals surface area contributed by atoms with Gasteiger partial charge in [-0.1, -0.05) is 27.7 Å². The quantitative estimate of drug-likeness (QED) is 0.702. The maximum Gasteiger partial charge on any atom is 0.0330 e. The molecule has 0 radical (unpaired) electrons. The summed E-state index contributed by atoms with van der Waals surface area (Å²) in [5.74, 6) is 0. The van der Waals surface area contributed by atoms with E-state index in [-0.39, 0.29) is 0 Å². The van der Waals surface area contributed by atoms with Crippen molar-refractivity contribution in [3.05, 3.63) is 0 Å². The molecule has 1 unspecified atom stereocenters. The van der Waals surface area contributed by atoms with Gasteiger partial charge in [-0.25, -0.2) is 0 Å². The van der Waals surface area contributed by atoms with Crippen LogP contribution in [0.4, 0.5) is 0 Å². The van der Waals surface area contributed by atoms with Gasteiger partial charge in [0.25, 0.3) is 0 Å². The molecule has 1 aliphatic rings. The topological polar surface area (TPSA) is 18.5 Å². The maximum absolute atomic E-state index is 3.62. The molecule has 0 aromatic carbocycles. The molecule has 3 heteroatoms. The summed E-state index contributed by atoms with van der Waals surface area (Å²) in [7, 11) is 6.78. The van der Waals surface area contributed by atoms with Crippen molar-refractivity contribution in [3.8, 4) is 0 Å². The summed E-state index contributed by atoms with van der Waals surface area (Å²) >= 11 is 0. The lowest BCUT2D eigenvalue weighted by Gasteiger charge is -2.50. The zero-order chi connectivity index (χ0) is 15.4. The van der Waals surface area contributed by atoms with Crippen LogP contribution in [0.2, 0.25) is 0 Å². The highest BCUT2D eigenvalue weighted by molar-refractivity contribution is 4.98. The van der Waals surface area contributed by atoms with E-state index < -0.39 is 0 Å². The summed E-state index contributed by atoms with van der Waals surface area (Å²) in [6.45, 7) is 12.7. The minimum absolute atomic E-state index is 0.371. The van der Waals surface area contributed by atoms with Crippen molar-refractivity contribution < 1.29 is 0 Å². The largest absolute Gasteiger partial charge is 0.314 e. The molecule has 0 saturated heterocycles. The first kappa shape index (κ1) is 17.9. The zero-order valence-corrected chi connectivity index (χ0v) is 14.9. The molecule has 20 heavy (non-hydrogen) atoms. The number of likely N-dealkylation sites (N-methyl/N-ethyl adjacent to an activating group) is 2. The first-order valence-corrected chi connectivity index (χ1v) is 8.32. The lowest BCUT2D eigenvalue weighted by Crippen LogP contribution is -2.58. The molecule has 0 heterocycles. The molecule has 0 aromatic heterocycles. The molecule has 0 aromatic rings. The van der Waals surface area contributed by atoms with E-state index >= 15 is 0 Å². The van der Waals surface area contributed by atoms with Crippen LogP contribution in [-0.4, -0.2) is 62.2 Å². The van der Waals surface area contributed by atoms with Gasteiger partial charge in [0, 0.05) is 31.2 Å². The molecule has 0 amide bonds. The fraction of sp³-hybridized carbons (Fsp3) is 1.00. The highest BCUT2D eigenvalue weighted by Crippen LogP contribution is 2.37. The summed E-state index contributed by atoms with van der Waals surface area (Å²) in [5, 5.41) is 3.62. The molecule has 120 valence electrons. The van der Waals surface area contributed by atoms with Crippen molar-refractivity contribution in [2.24, 2.45) is 5.41 Å². The molecule has 3 nitrogen and oxygen atoms in total. The first-order chi connectivity index (χ1) is 9.23. The van der Waals surface area contributed by atoms with Crippen LogP contribution in [-0.2, 0) is 0 Å². The van der Waals surface area contributed by atoms with Crippen molar-refractivity contribution in [2.75, 3.05) is 40.8 Å². The molecular formula is C17H37N3.